The van der Waals surface area contributed by atoms with Gasteiger partial charge in [0, 0.05) is 16.4 Å². The van der Waals surface area contributed by atoms with E-state index in [-0.39, 0.29) is 5.91 Å². The van der Waals surface area contributed by atoms with Crippen molar-refractivity contribution in [3.63, 3.8) is 0 Å². The van der Waals surface area contributed by atoms with Gasteiger partial charge in [0.2, 0.25) is 5.91 Å². The largest absolute Gasteiger partial charge is 0.490 e. The van der Waals surface area contributed by atoms with Gasteiger partial charge in [0.05, 0.1) is 30.0 Å². The minimum atomic E-state index is 0.0526. The molecule has 0 atom stereocenters. The van der Waals surface area contributed by atoms with Crippen molar-refractivity contribution in [1.29, 1.82) is 0 Å². The highest BCUT2D eigenvalue weighted by Gasteiger charge is 2.16. The minimum Gasteiger partial charge on any atom is -0.490 e. The average Bonchev–Trinajstić information content (AvgIpc) is 2.97. The lowest BCUT2D eigenvalue weighted by molar-refractivity contribution is -0.129. The van der Waals surface area contributed by atoms with Crippen LogP contribution in [0.2, 0.25) is 0 Å². The molecule has 4 nitrogen and oxygen atoms in total. The quantitative estimate of drug-likeness (QED) is 0.505. The average molecular weight is 491 g/mol. The number of hydrogen-bond donors (Lipinski definition) is 0. The topological polar surface area (TPSA) is 38.8 Å². The molecule has 1 aromatic carbocycles. The van der Waals surface area contributed by atoms with E-state index in [1.165, 1.54) is 0 Å². The van der Waals surface area contributed by atoms with E-state index >= 15 is 0 Å². The summed E-state index contributed by atoms with van der Waals surface area (Å²) in [6, 6.07) is 7.77. The number of carbonyl (C=O) groups is 1. The summed E-state index contributed by atoms with van der Waals surface area (Å²) in [5.41, 5.74) is 0.885. The number of amides is 1. The standard InChI is InChI=1S/C18H21Br2NO3S/c1-4-23-15-8-12(14(19)10-16(15)24-5-2)9-18(22)21(3)11-13-6-7-17(20)25-13/h6-8,10H,4-5,9,11H2,1-3H3. The molecule has 0 N–H and O–H groups in total. The van der Waals surface area contributed by atoms with Crippen LogP contribution in [0.25, 0.3) is 0 Å². The molecule has 0 aliphatic carbocycles. The maximum Gasteiger partial charge on any atom is 0.227 e. The zero-order valence-corrected chi connectivity index (χ0v) is 18.5. The minimum absolute atomic E-state index is 0.0526. The van der Waals surface area contributed by atoms with Crippen molar-refractivity contribution in [2.24, 2.45) is 0 Å². The Kier molecular flexibility index (Phi) is 7.78. The highest BCUT2D eigenvalue weighted by atomic mass is 79.9. The number of thiophene rings is 1. The van der Waals surface area contributed by atoms with Crippen LogP contribution in [-0.4, -0.2) is 31.1 Å². The van der Waals surface area contributed by atoms with Crippen LogP contribution in [0, 0.1) is 0 Å². The van der Waals surface area contributed by atoms with E-state index < -0.39 is 0 Å². The van der Waals surface area contributed by atoms with Crippen molar-refractivity contribution in [2.75, 3.05) is 20.3 Å². The Labute approximate surface area is 169 Å². The van der Waals surface area contributed by atoms with Gasteiger partial charge in [-0.1, -0.05) is 15.9 Å². The number of halogens is 2. The van der Waals surface area contributed by atoms with Gasteiger partial charge in [0.1, 0.15) is 0 Å². The molecule has 0 aliphatic heterocycles. The van der Waals surface area contributed by atoms with Gasteiger partial charge in [0.15, 0.2) is 11.5 Å². The van der Waals surface area contributed by atoms with Crippen molar-refractivity contribution in [2.45, 2.75) is 26.8 Å². The molecule has 1 heterocycles. The number of ether oxygens (including phenoxy) is 2. The zero-order valence-electron chi connectivity index (χ0n) is 14.5. The molecular formula is C18H21Br2NO3S. The predicted molar refractivity (Wildman–Crippen MR) is 109 cm³/mol. The van der Waals surface area contributed by atoms with E-state index in [0.717, 1.165) is 18.7 Å². The van der Waals surface area contributed by atoms with Crippen LogP contribution >= 0.6 is 43.2 Å². The van der Waals surface area contributed by atoms with Gasteiger partial charge in [0.25, 0.3) is 0 Å². The molecule has 7 heteroatoms. The summed E-state index contributed by atoms with van der Waals surface area (Å²) >= 11 is 8.62. The summed E-state index contributed by atoms with van der Waals surface area (Å²) in [6.07, 6.45) is 0.302. The summed E-state index contributed by atoms with van der Waals surface area (Å²) in [5, 5.41) is 0. The number of hydrogen-bond acceptors (Lipinski definition) is 4. The Morgan fingerprint density at radius 1 is 1.12 bits per heavy atom. The predicted octanol–water partition coefficient (Wildman–Crippen LogP) is 5.27. The number of nitrogens with zero attached hydrogens (tertiary/aromatic N) is 1. The summed E-state index contributed by atoms with van der Waals surface area (Å²) in [5.74, 6) is 1.40. The Hall–Kier alpha value is -1.05. The fourth-order valence-electron chi connectivity index (χ4n) is 2.31. The van der Waals surface area contributed by atoms with Crippen molar-refractivity contribution in [3.8, 4) is 11.5 Å². The Bertz CT molecular complexity index is 733. The fraction of sp³-hybridized carbons (Fsp3) is 0.389. The first-order valence-electron chi connectivity index (χ1n) is 8.00. The first-order chi connectivity index (χ1) is 11.9. The molecular weight excluding hydrogens is 470 g/mol. The summed E-state index contributed by atoms with van der Waals surface area (Å²) in [7, 11) is 1.82. The molecule has 0 spiro atoms. The van der Waals surface area contributed by atoms with E-state index in [1.807, 2.05) is 45.2 Å². The highest BCUT2D eigenvalue weighted by molar-refractivity contribution is 9.11. The monoisotopic (exact) mass is 489 g/mol. The smallest absolute Gasteiger partial charge is 0.227 e. The van der Waals surface area contributed by atoms with E-state index in [0.29, 0.717) is 37.7 Å². The number of rotatable bonds is 8. The summed E-state index contributed by atoms with van der Waals surface area (Å²) in [6.45, 7) is 5.56. The molecule has 0 aliphatic rings. The van der Waals surface area contributed by atoms with Crippen LogP contribution in [0.4, 0.5) is 0 Å². The Balaban J connectivity index is 2.12. The second kappa shape index (κ2) is 9.59. The van der Waals surface area contributed by atoms with Crippen LogP contribution in [0.1, 0.15) is 24.3 Å². The first kappa shape index (κ1) is 20.3. The molecule has 136 valence electrons. The molecule has 0 fully saturated rings. The van der Waals surface area contributed by atoms with E-state index in [1.54, 1.807) is 16.2 Å². The molecule has 1 aromatic heterocycles. The molecule has 2 rings (SSSR count). The van der Waals surface area contributed by atoms with E-state index in [2.05, 4.69) is 31.9 Å². The Morgan fingerprint density at radius 2 is 1.76 bits per heavy atom. The van der Waals surface area contributed by atoms with Gasteiger partial charge >= 0.3 is 0 Å². The van der Waals surface area contributed by atoms with Crippen molar-refractivity contribution < 1.29 is 14.3 Å². The second-order valence-corrected chi connectivity index (χ2v) is 8.79. The van der Waals surface area contributed by atoms with Gasteiger partial charge in [-0.25, -0.2) is 0 Å². The van der Waals surface area contributed by atoms with Gasteiger partial charge < -0.3 is 14.4 Å². The maximum atomic E-state index is 12.6. The third-order valence-corrected chi connectivity index (χ3v) is 5.85. The SMILES string of the molecule is CCOc1cc(Br)c(CC(=O)N(C)Cc2ccc(Br)s2)cc1OCC. The fourth-order valence-corrected chi connectivity index (χ4v) is 4.31. The third kappa shape index (κ3) is 5.72. The number of benzene rings is 1. The normalized spacial score (nSPS) is 10.6. The first-order valence-corrected chi connectivity index (χ1v) is 10.4. The molecule has 0 saturated carbocycles. The zero-order chi connectivity index (χ0) is 18.4. The van der Waals surface area contributed by atoms with Crippen LogP contribution in [-0.2, 0) is 17.8 Å². The van der Waals surface area contributed by atoms with Crippen LogP contribution in [0.5, 0.6) is 11.5 Å². The van der Waals surface area contributed by atoms with E-state index in [9.17, 15) is 4.79 Å². The molecule has 0 radical (unpaired) electrons. The molecule has 0 saturated heterocycles. The van der Waals surface area contributed by atoms with Crippen LogP contribution < -0.4 is 9.47 Å². The van der Waals surface area contributed by atoms with Gasteiger partial charge in [-0.3, -0.25) is 4.79 Å². The van der Waals surface area contributed by atoms with Crippen LogP contribution in [0.3, 0.4) is 0 Å². The van der Waals surface area contributed by atoms with Crippen molar-refractivity contribution in [1.82, 2.24) is 4.90 Å². The van der Waals surface area contributed by atoms with Crippen molar-refractivity contribution >= 4 is 49.1 Å². The second-order valence-electron chi connectivity index (χ2n) is 5.39. The summed E-state index contributed by atoms with van der Waals surface area (Å²) < 4.78 is 13.2. The van der Waals surface area contributed by atoms with Crippen molar-refractivity contribution in [3.05, 3.63) is 43.0 Å². The third-order valence-electron chi connectivity index (χ3n) is 3.50. The van der Waals surface area contributed by atoms with Gasteiger partial charge in [-0.15, -0.1) is 11.3 Å². The number of carbonyl (C=O) groups excluding carboxylic acids is 1. The summed E-state index contributed by atoms with van der Waals surface area (Å²) in [4.78, 5) is 15.5. The lowest BCUT2D eigenvalue weighted by atomic mass is 10.1. The lowest BCUT2D eigenvalue weighted by Crippen LogP contribution is -2.27. The highest BCUT2D eigenvalue weighted by Crippen LogP contribution is 2.34. The number of likely N-dealkylation sites (N-methyl/N-ethyl adjacent to an activating group) is 1. The van der Waals surface area contributed by atoms with Gasteiger partial charge in [-0.05, 0) is 59.6 Å². The molecule has 1 amide bonds. The maximum absolute atomic E-state index is 12.6. The molecule has 25 heavy (non-hydrogen) atoms. The molecule has 0 unspecified atom stereocenters. The van der Waals surface area contributed by atoms with Gasteiger partial charge in [-0.2, -0.15) is 0 Å². The Morgan fingerprint density at radius 3 is 2.32 bits per heavy atom. The lowest BCUT2D eigenvalue weighted by Gasteiger charge is -2.18. The van der Waals surface area contributed by atoms with E-state index in [4.69, 9.17) is 9.47 Å². The molecule has 0 bridgehead atoms. The molecule has 2 aromatic rings. The van der Waals surface area contributed by atoms with Crippen LogP contribution in [0.15, 0.2) is 32.5 Å².